The summed E-state index contributed by atoms with van der Waals surface area (Å²) in [6.45, 7) is 19.3. The maximum absolute atomic E-state index is 13.9. The average molecular weight is 1030 g/mol. The lowest BCUT2D eigenvalue weighted by Crippen LogP contribution is -2.70. The molecule has 0 aromatic rings. The molecule has 2 aliphatic heterocycles. The van der Waals surface area contributed by atoms with E-state index in [4.69, 9.17) is 37.9 Å². The van der Waals surface area contributed by atoms with Crippen molar-refractivity contribution in [3.05, 3.63) is 11.8 Å². The van der Waals surface area contributed by atoms with Crippen molar-refractivity contribution >= 4 is 34.4 Å². The number of amides is 4. The van der Waals surface area contributed by atoms with Gasteiger partial charge in [0.2, 0.25) is 16.3 Å². The van der Waals surface area contributed by atoms with Crippen LogP contribution < -0.4 is 26.0 Å². The highest BCUT2D eigenvalue weighted by Gasteiger charge is 2.55. The largest absolute Gasteiger partial charge is 0.466 e. The van der Waals surface area contributed by atoms with Gasteiger partial charge in [-0.15, -0.1) is 0 Å². The van der Waals surface area contributed by atoms with Gasteiger partial charge in [0.05, 0.1) is 55.8 Å². The van der Waals surface area contributed by atoms with E-state index in [1.54, 1.807) is 89.2 Å². The van der Waals surface area contributed by atoms with Gasteiger partial charge in [0.15, 0.2) is 6.29 Å². The van der Waals surface area contributed by atoms with Crippen molar-refractivity contribution in [3.8, 4) is 0 Å². The van der Waals surface area contributed by atoms with Gasteiger partial charge in [0.25, 0.3) is 0 Å². The number of alkyl carbamates (subject to hydrolysis) is 3. The summed E-state index contributed by atoms with van der Waals surface area (Å²) in [6, 6.07) is -5.34. The van der Waals surface area contributed by atoms with Crippen LogP contribution in [0, 0.1) is 0 Å². The molecule has 0 radical (unpaired) electrons. The highest BCUT2D eigenvalue weighted by Crippen LogP contribution is 2.35. The molecular weight excluding hydrogens is 949 g/mol. The fourth-order valence-electron chi connectivity index (χ4n) is 7.53. The molecular formula is C44H80N6O19S. The number of sulfonamides is 1. The molecule has 1 aliphatic carbocycles. The predicted molar refractivity (Wildman–Crippen MR) is 249 cm³/mol. The first-order valence-corrected chi connectivity index (χ1v) is 24.8. The zero-order valence-corrected chi connectivity index (χ0v) is 43.7. The Morgan fingerprint density at radius 3 is 1.86 bits per heavy atom. The van der Waals surface area contributed by atoms with Crippen molar-refractivity contribution in [2.75, 3.05) is 45.6 Å². The minimum atomic E-state index is -4.43. The SMILES string of the molecule is CN(C(=O)OC(C)(C)C)[C@@H]1[C@@H](O)[C@@H](O[C@@H]2[C@@H](O)[C@H](O[C@H]3OC(CNCC(O)CO)=CC[C@H]3NC(=O)OC(C)(C)C)[C@@H](NC(=O)OC(C)(C)C)C[C@H]2NS(=O)(=O)CCNC(=O)OC(C)(C)C)OC[C@]1(C)O. The fourth-order valence-corrected chi connectivity index (χ4v) is 8.71. The Hall–Kier alpha value is -3.83. The van der Waals surface area contributed by atoms with Crippen LogP contribution in [0.15, 0.2) is 11.8 Å². The van der Waals surface area contributed by atoms with Gasteiger partial charge >= 0.3 is 24.4 Å². The molecule has 1 saturated carbocycles. The summed E-state index contributed by atoms with van der Waals surface area (Å²) in [7, 11) is -3.15. The molecule has 0 aromatic heterocycles. The van der Waals surface area contributed by atoms with Gasteiger partial charge in [-0.05, 0) is 109 Å². The summed E-state index contributed by atoms with van der Waals surface area (Å²) in [5.41, 5.74) is -5.72. The molecule has 25 nitrogen and oxygen atoms in total. The van der Waals surface area contributed by atoms with Crippen LogP contribution in [-0.4, -0.2) is 204 Å². The molecule has 0 bridgehead atoms. The Morgan fingerprint density at radius 1 is 0.800 bits per heavy atom. The van der Waals surface area contributed by atoms with Crippen LogP contribution >= 0.6 is 0 Å². The van der Waals surface area contributed by atoms with Gasteiger partial charge in [-0.25, -0.2) is 32.3 Å². The first kappa shape index (κ1) is 60.5. The molecule has 3 rings (SSSR count). The molecule has 0 spiro atoms. The van der Waals surface area contributed by atoms with E-state index in [2.05, 4.69) is 26.0 Å². The number of rotatable bonds is 17. The third kappa shape index (κ3) is 20.0. The summed E-state index contributed by atoms with van der Waals surface area (Å²) in [4.78, 5) is 53.3. The number of carbonyl (C=O) groups excluding carboxylic acids is 4. The molecule has 4 amide bonds. The Kier molecular flexibility index (Phi) is 21.0. The lowest BCUT2D eigenvalue weighted by molar-refractivity contribution is -0.311. The predicted octanol–water partition coefficient (Wildman–Crippen LogP) is 0.398. The van der Waals surface area contributed by atoms with Crippen molar-refractivity contribution in [1.29, 1.82) is 0 Å². The monoisotopic (exact) mass is 1030 g/mol. The Bertz CT molecular complexity index is 1900. The molecule has 1 saturated heterocycles. The van der Waals surface area contributed by atoms with Crippen LogP contribution in [-0.2, 0) is 47.9 Å². The second-order valence-electron chi connectivity index (χ2n) is 21.8. The van der Waals surface area contributed by atoms with E-state index in [9.17, 15) is 53.1 Å². The summed E-state index contributed by atoms with van der Waals surface area (Å²) in [6.07, 6.45) is -14.0. The van der Waals surface area contributed by atoms with Crippen LogP contribution in [0.2, 0.25) is 0 Å². The molecule has 2 heterocycles. The summed E-state index contributed by atoms with van der Waals surface area (Å²) >= 11 is 0. The molecule has 2 fully saturated rings. The Labute approximate surface area is 411 Å². The lowest BCUT2D eigenvalue weighted by atomic mass is 9.83. The smallest absolute Gasteiger partial charge is 0.410 e. The second kappa shape index (κ2) is 24.3. The number of ether oxygens (including phenoxy) is 8. The molecule has 0 aromatic carbocycles. The lowest BCUT2D eigenvalue weighted by Gasteiger charge is -2.50. The normalized spacial score (nSPS) is 29.3. The molecule has 12 atom stereocenters. The number of aliphatic hydroxyl groups excluding tert-OH is 4. The summed E-state index contributed by atoms with van der Waals surface area (Å²) in [5.74, 6) is -0.459. The second-order valence-corrected chi connectivity index (χ2v) is 23.7. The van der Waals surface area contributed by atoms with E-state index in [-0.39, 0.29) is 25.3 Å². The number of carbonyl (C=O) groups is 4. The summed E-state index contributed by atoms with van der Waals surface area (Å²) in [5, 5.41) is 65.8. The third-order valence-corrected chi connectivity index (χ3v) is 11.7. The van der Waals surface area contributed by atoms with Crippen LogP contribution in [0.4, 0.5) is 19.2 Å². The van der Waals surface area contributed by atoms with Crippen LogP contribution in [0.1, 0.15) is 103 Å². The number of hydrogen-bond acceptors (Lipinski definition) is 20. The van der Waals surface area contributed by atoms with Crippen LogP contribution in [0.5, 0.6) is 0 Å². The van der Waals surface area contributed by atoms with Gasteiger partial charge in [-0.2, -0.15) is 0 Å². The zero-order valence-electron chi connectivity index (χ0n) is 42.9. The highest BCUT2D eigenvalue weighted by molar-refractivity contribution is 7.89. The highest BCUT2D eigenvalue weighted by atomic mass is 32.2. The van der Waals surface area contributed by atoms with Crippen LogP contribution in [0.3, 0.4) is 0 Å². The van der Waals surface area contributed by atoms with E-state index in [1.165, 1.54) is 14.0 Å². The first-order chi connectivity index (χ1) is 31.9. The summed E-state index contributed by atoms with van der Waals surface area (Å²) < 4.78 is 76.9. The van der Waals surface area contributed by atoms with Gasteiger partial charge in [0.1, 0.15) is 58.2 Å². The zero-order chi connectivity index (χ0) is 53.4. The van der Waals surface area contributed by atoms with Crippen molar-refractivity contribution in [2.45, 2.75) is 198 Å². The van der Waals surface area contributed by atoms with Crippen molar-refractivity contribution in [3.63, 3.8) is 0 Å². The molecule has 3 aliphatic rings. The maximum atomic E-state index is 13.9. The quantitative estimate of drug-likeness (QED) is 0.0882. The number of nitrogens with zero attached hydrogens (tertiary/aromatic N) is 1. The number of hydrogen-bond donors (Lipinski definition) is 10. The molecule has 406 valence electrons. The van der Waals surface area contributed by atoms with Crippen molar-refractivity contribution in [1.82, 2.24) is 30.9 Å². The van der Waals surface area contributed by atoms with E-state index in [1.807, 2.05) is 0 Å². The number of aliphatic hydroxyl groups is 5. The van der Waals surface area contributed by atoms with Gasteiger partial charge in [-0.3, -0.25) is 0 Å². The van der Waals surface area contributed by atoms with E-state index in [0.717, 1.165) is 4.90 Å². The fraction of sp³-hybridized carbons (Fsp3) is 0.864. The van der Waals surface area contributed by atoms with E-state index in [0.29, 0.717) is 0 Å². The molecule has 1 unspecified atom stereocenters. The van der Waals surface area contributed by atoms with Crippen molar-refractivity contribution < 1.29 is 91.0 Å². The van der Waals surface area contributed by atoms with Gasteiger partial charge in [-0.1, -0.05) is 0 Å². The first-order valence-electron chi connectivity index (χ1n) is 23.2. The standard InChI is InChI=1S/C44H80N6O19S/c1-40(2,3)66-36(55)46-17-18-70(60,61)49-28-19-27(48-38(57)68-42(7,8)9)31(64-34-26(47-37(56)67-41(4,5)6)16-15-25(63-34)21-45-20-24(52)22-51)29(53)32(28)65-35-30(54)33(44(13,59)23-62-35)50(14)39(58)69-43(10,11)12/h15,24,26-35,45,49,51-54,59H,16-23H2,1-14H3,(H,46,55)(H,47,56)(H,48,57)/t24?,26-,27+,28-,29+,30-,31-,32+,33-,34-,35-,44+/m1/s1. The number of nitrogens with one attached hydrogen (secondary N) is 5. The molecule has 26 heteroatoms. The van der Waals surface area contributed by atoms with E-state index < -0.39 is 162 Å². The van der Waals surface area contributed by atoms with Crippen molar-refractivity contribution in [2.24, 2.45) is 0 Å². The molecule has 10 N–H and O–H groups in total. The topological polar surface area (TPSA) is 341 Å². The Morgan fingerprint density at radius 2 is 1.31 bits per heavy atom. The Balaban J connectivity index is 2.14. The maximum Gasteiger partial charge on any atom is 0.410 e. The van der Waals surface area contributed by atoms with Crippen LogP contribution in [0.25, 0.3) is 0 Å². The van der Waals surface area contributed by atoms with Gasteiger partial charge in [0, 0.05) is 20.1 Å². The average Bonchev–Trinajstić information content (AvgIpc) is 3.16. The van der Waals surface area contributed by atoms with E-state index >= 15 is 0 Å². The minimum absolute atomic E-state index is 0.000845. The number of likely N-dealkylation sites (N-methyl/N-ethyl adjacent to an activating group) is 1. The minimum Gasteiger partial charge on any atom is -0.466 e. The third-order valence-electron chi connectivity index (χ3n) is 10.3. The molecule has 70 heavy (non-hydrogen) atoms. The van der Waals surface area contributed by atoms with Gasteiger partial charge < -0.3 is 89.6 Å².